The predicted molar refractivity (Wildman–Crippen MR) is 98.0 cm³/mol. The second-order valence-electron chi connectivity index (χ2n) is 5.59. The van der Waals surface area contributed by atoms with Gasteiger partial charge in [0, 0.05) is 12.7 Å². The van der Waals surface area contributed by atoms with Gasteiger partial charge in [-0.15, -0.1) is 0 Å². The first kappa shape index (κ1) is 16.6. The molecule has 3 rings (SSSR count). The Hall–Kier alpha value is -3.28. The van der Waals surface area contributed by atoms with Crippen molar-refractivity contribution >= 4 is 17.4 Å². The summed E-state index contributed by atoms with van der Waals surface area (Å²) >= 11 is 0. The van der Waals surface area contributed by atoms with Crippen molar-refractivity contribution in [2.45, 2.75) is 6.54 Å². The lowest BCUT2D eigenvalue weighted by Gasteiger charge is -2.23. The molecule has 1 heterocycles. The van der Waals surface area contributed by atoms with E-state index in [1.165, 1.54) is 0 Å². The molecule has 0 aromatic heterocycles. The van der Waals surface area contributed by atoms with Crippen molar-refractivity contribution in [2.24, 2.45) is 16.8 Å². The molecule has 0 fully saturated rings. The van der Waals surface area contributed by atoms with Crippen molar-refractivity contribution in [1.82, 2.24) is 5.32 Å². The lowest BCUT2D eigenvalue weighted by Crippen LogP contribution is -2.40. The number of ether oxygens (including phenoxy) is 1. The van der Waals surface area contributed by atoms with Crippen LogP contribution >= 0.6 is 0 Å². The molecule has 0 spiro atoms. The Balaban J connectivity index is 1.60. The molecule has 6 heteroatoms. The van der Waals surface area contributed by atoms with E-state index in [1.807, 2.05) is 54.6 Å². The molecular formula is C19H20N4O2. The van der Waals surface area contributed by atoms with Crippen LogP contribution in [0.3, 0.4) is 0 Å². The second kappa shape index (κ2) is 7.53. The largest absolute Gasteiger partial charge is 0.497 e. The normalized spacial score (nSPS) is 16.3. The zero-order chi connectivity index (χ0) is 17.6. The monoisotopic (exact) mass is 336 g/mol. The van der Waals surface area contributed by atoms with Crippen LogP contribution in [0, 0.1) is 5.92 Å². The highest BCUT2D eigenvalue weighted by atomic mass is 16.5. The van der Waals surface area contributed by atoms with Gasteiger partial charge in [-0.25, -0.2) is 5.01 Å². The Morgan fingerprint density at radius 2 is 1.92 bits per heavy atom. The molecule has 1 aliphatic heterocycles. The molecule has 6 nitrogen and oxygen atoms in total. The Bertz CT molecular complexity index is 785. The number of nitrogens with one attached hydrogen (secondary N) is 1. The van der Waals surface area contributed by atoms with Crippen LogP contribution < -0.4 is 20.8 Å². The third-order valence-corrected chi connectivity index (χ3v) is 3.89. The molecule has 0 saturated carbocycles. The zero-order valence-corrected chi connectivity index (χ0v) is 13.9. The van der Waals surface area contributed by atoms with Crippen LogP contribution in [0.15, 0.2) is 72.0 Å². The fraction of sp³-hybridized carbons (Fsp3) is 0.158. The number of carbonyl (C=O) groups is 1. The van der Waals surface area contributed by atoms with Gasteiger partial charge in [0.2, 0.25) is 5.91 Å². The first-order valence-corrected chi connectivity index (χ1v) is 7.94. The van der Waals surface area contributed by atoms with Crippen LogP contribution in [-0.2, 0) is 11.3 Å². The molecule has 0 radical (unpaired) electrons. The predicted octanol–water partition coefficient (Wildman–Crippen LogP) is 2.23. The van der Waals surface area contributed by atoms with E-state index < -0.39 is 5.92 Å². The summed E-state index contributed by atoms with van der Waals surface area (Å²) in [6.45, 7) is 0.419. The molecule has 2 aromatic rings. The number of hydrogen-bond donors (Lipinski definition) is 2. The minimum Gasteiger partial charge on any atom is -0.497 e. The summed E-state index contributed by atoms with van der Waals surface area (Å²) in [6.07, 6.45) is 3.50. The van der Waals surface area contributed by atoms with E-state index >= 15 is 0 Å². The molecular weight excluding hydrogens is 316 g/mol. The van der Waals surface area contributed by atoms with Crippen LogP contribution in [0.4, 0.5) is 5.69 Å². The molecule has 1 atom stereocenters. The maximum atomic E-state index is 12.4. The number of nitrogens with two attached hydrogens (primary N) is 1. The first-order chi connectivity index (χ1) is 12.2. The van der Waals surface area contributed by atoms with Crippen molar-refractivity contribution in [3.8, 4) is 5.75 Å². The van der Waals surface area contributed by atoms with Gasteiger partial charge in [0.1, 0.15) is 17.5 Å². The number of rotatable bonds is 5. The molecule has 0 saturated heterocycles. The molecule has 1 amide bonds. The number of hydrogen-bond acceptors (Lipinski definition) is 5. The smallest absolute Gasteiger partial charge is 0.234 e. The molecule has 128 valence electrons. The third kappa shape index (κ3) is 3.98. The summed E-state index contributed by atoms with van der Waals surface area (Å²) in [6, 6.07) is 17.1. The van der Waals surface area contributed by atoms with Crippen LogP contribution in [0.5, 0.6) is 5.75 Å². The Morgan fingerprint density at radius 3 is 2.56 bits per heavy atom. The van der Waals surface area contributed by atoms with Gasteiger partial charge in [0.05, 0.1) is 12.8 Å². The van der Waals surface area contributed by atoms with E-state index in [0.29, 0.717) is 6.54 Å². The zero-order valence-electron chi connectivity index (χ0n) is 13.9. The molecule has 1 unspecified atom stereocenters. The van der Waals surface area contributed by atoms with Gasteiger partial charge >= 0.3 is 0 Å². The third-order valence-electron chi connectivity index (χ3n) is 3.89. The summed E-state index contributed by atoms with van der Waals surface area (Å²) in [5.41, 5.74) is 7.86. The van der Waals surface area contributed by atoms with E-state index in [0.717, 1.165) is 17.0 Å². The number of benzene rings is 2. The fourth-order valence-electron chi connectivity index (χ4n) is 2.47. The molecule has 3 N–H and O–H groups in total. The molecule has 0 bridgehead atoms. The van der Waals surface area contributed by atoms with Crippen molar-refractivity contribution in [3.05, 3.63) is 72.4 Å². The standard InChI is InChI=1S/C19H20N4O2/c1-25-16-9-7-14(8-10-16)13-21-19(24)17-11-12-23(22-18(17)20)15-5-3-2-4-6-15/h2-12,17H,13H2,1H3,(H2,20,22)(H,21,24). The quantitative estimate of drug-likeness (QED) is 0.877. The highest BCUT2D eigenvalue weighted by molar-refractivity contribution is 6.05. The molecule has 25 heavy (non-hydrogen) atoms. The highest BCUT2D eigenvalue weighted by Gasteiger charge is 2.23. The van der Waals surface area contributed by atoms with Gasteiger partial charge in [0.15, 0.2) is 0 Å². The Labute approximate surface area is 146 Å². The van der Waals surface area contributed by atoms with Gasteiger partial charge in [0.25, 0.3) is 0 Å². The minimum absolute atomic E-state index is 0.180. The van der Waals surface area contributed by atoms with Crippen molar-refractivity contribution in [3.63, 3.8) is 0 Å². The Kier molecular flexibility index (Phi) is 4.99. The maximum Gasteiger partial charge on any atom is 0.234 e. The van der Waals surface area contributed by atoms with Gasteiger partial charge in [-0.2, -0.15) is 5.10 Å². The molecule has 1 aliphatic rings. The summed E-state index contributed by atoms with van der Waals surface area (Å²) in [7, 11) is 1.62. The molecule has 0 aliphatic carbocycles. The van der Waals surface area contributed by atoms with Crippen molar-refractivity contribution in [2.75, 3.05) is 12.1 Å². The minimum atomic E-state index is -0.571. The lowest BCUT2D eigenvalue weighted by atomic mass is 10.1. The van der Waals surface area contributed by atoms with Crippen LogP contribution in [0.2, 0.25) is 0 Å². The number of anilines is 1. The lowest BCUT2D eigenvalue weighted by molar-refractivity contribution is -0.122. The topological polar surface area (TPSA) is 80.0 Å². The number of para-hydroxylation sites is 1. The van der Waals surface area contributed by atoms with E-state index in [1.54, 1.807) is 24.4 Å². The number of carbonyl (C=O) groups excluding carboxylic acids is 1. The van der Waals surface area contributed by atoms with Crippen LogP contribution in [-0.4, -0.2) is 18.9 Å². The molecule has 2 aromatic carbocycles. The summed E-state index contributed by atoms with van der Waals surface area (Å²) in [4.78, 5) is 12.4. The highest BCUT2D eigenvalue weighted by Crippen LogP contribution is 2.19. The van der Waals surface area contributed by atoms with E-state index in [9.17, 15) is 4.79 Å². The van der Waals surface area contributed by atoms with E-state index in [4.69, 9.17) is 10.5 Å². The van der Waals surface area contributed by atoms with Crippen molar-refractivity contribution in [1.29, 1.82) is 0 Å². The van der Waals surface area contributed by atoms with Gasteiger partial charge in [-0.1, -0.05) is 30.3 Å². The van der Waals surface area contributed by atoms with Crippen LogP contribution in [0.25, 0.3) is 0 Å². The maximum absolute atomic E-state index is 12.4. The SMILES string of the molecule is COc1ccc(CNC(=O)C2C=CN(c3ccccc3)N=C2N)cc1. The average Bonchev–Trinajstić information content (AvgIpc) is 2.67. The van der Waals surface area contributed by atoms with Gasteiger partial charge in [-0.3, -0.25) is 4.79 Å². The number of amidine groups is 1. The number of nitrogens with zero attached hydrogens (tertiary/aromatic N) is 2. The summed E-state index contributed by atoms with van der Waals surface area (Å²) in [5, 5.41) is 8.83. The number of hydrazone groups is 1. The number of methoxy groups -OCH3 is 1. The van der Waals surface area contributed by atoms with Gasteiger partial charge < -0.3 is 15.8 Å². The Morgan fingerprint density at radius 1 is 1.20 bits per heavy atom. The summed E-state index contributed by atoms with van der Waals surface area (Å²) < 4.78 is 5.12. The average molecular weight is 336 g/mol. The van der Waals surface area contributed by atoms with E-state index in [2.05, 4.69) is 10.4 Å². The second-order valence-corrected chi connectivity index (χ2v) is 5.59. The van der Waals surface area contributed by atoms with Crippen molar-refractivity contribution < 1.29 is 9.53 Å². The van der Waals surface area contributed by atoms with Crippen LogP contribution in [0.1, 0.15) is 5.56 Å². The van der Waals surface area contributed by atoms with Gasteiger partial charge in [-0.05, 0) is 35.9 Å². The fourth-order valence-corrected chi connectivity index (χ4v) is 2.47. The number of amides is 1. The first-order valence-electron chi connectivity index (χ1n) is 7.94. The van der Waals surface area contributed by atoms with E-state index in [-0.39, 0.29) is 11.7 Å². The summed E-state index contributed by atoms with van der Waals surface area (Å²) in [5.74, 6) is 0.292.